The van der Waals surface area contributed by atoms with Crippen molar-refractivity contribution < 1.29 is 4.79 Å². The van der Waals surface area contributed by atoms with Crippen LogP contribution in [0.3, 0.4) is 0 Å². The Morgan fingerprint density at radius 3 is 2.85 bits per heavy atom. The normalized spacial score (nSPS) is 16.7. The first-order valence-corrected chi connectivity index (χ1v) is 5.50. The smallest absolute Gasteiger partial charge is 0.232 e. The molecule has 1 aliphatic rings. The maximum Gasteiger partial charge on any atom is 0.232 e. The van der Waals surface area contributed by atoms with Crippen LogP contribution in [-0.2, 0) is 4.79 Å². The number of piperazine rings is 1. The van der Waals surface area contributed by atoms with Crippen molar-refractivity contribution in [2.45, 2.75) is 0 Å². The van der Waals surface area contributed by atoms with Gasteiger partial charge in [-0.15, -0.1) is 18.2 Å². The largest absolute Gasteiger partial charge is 0.339 e. The van der Waals surface area contributed by atoms with Gasteiger partial charge in [0.2, 0.25) is 5.91 Å². The molecular weight excluding hydrogens is 184 g/mol. The van der Waals surface area contributed by atoms with Gasteiger partial charge in [-0.2, -0.15) is 0 Å². The van der Waals surface area contributed by atoms with Gasteiger partial charge in [0.05, 0.1) is 11.5 Å². The van der Waals surface area contributed by atoms with E-state index in [4.69, 9.17) is 6.42 Å². The second-order valence-corrected chi connectivity index (χ2v) is 3.81. The highest BCUT2D eigenvalue weighted by molar-refractivity contribution is 8.00. The fourth-order valence-electron chi connectivity index (χ4n) is 1.20. The van der Waals surface area contributed by atoms with Crippen LogP contribution in [0.4, 0.5) is 0 Å². The average Bonchev–Trinajstić information content (AvgIpc) is 2.19. The fraction of sp³-hybridized carbons (Fsp3) is 0.667. The molecule has 0 spiro atoms. The predicted molar refractivity (Wildman–Crippen MR) is 55.6 cm³/mol. The molecule has 13 heavy (non-hydrogen) atoms. The van der Waals surface area contributed by atoms with Crippen molar-refractivity contribution in [1.29, 1.82) is 0 Å². The summed E-state index contributed by atoms with van der Waals surface area (Å²) in [6, 6.07) is 0. The van der Waals surface area contributed by atoms with E-state index >= 15 is 0 Å². The third-order valence-electron chi connectivity index (χ3n) is 1.88. The minimum Gasteiger partial charge on any atom is -0.339 e. The van der Waals surface area contributed by atoms with Crippen molar-refractivity contribution in [3.63, 3.8) is 0 Å². The van der Waals surface area contributed by atoms with E-state index in [0.717, 1.165) is 26.2 Å². The number of rotatable bonds is 3. The minimum absolute atomic E-state index is 0.210. The monoisotopic (exact) mass is 198 g/mol. The Labute approximate surface area is 83.2 Å². The van der Waals surface area contributed by atoms with Crippen LogP contribution >= 0.6 is 11.8 Å². The van der Waals surface area contributed by atoms with Crippen LogP contribution < -0.4 is 5.32 Å². The molecule has 1 rings (SSSR count). The number of thioether (sulfide) groups is 1. The van der Waals surface area contributed by atoms with Gasteiger partial charge in [0.25, 0.3) is 0 Å². The van der Waals surface area contributed by atoms with E-state index in [1.54, 1.807) is 0 Å². The lowest BCUT2D eigenvalue weighted by atomic mass is 10.3. The van der Waals surface area contributed by atoms with E-state index in [0.29, 0.717) is 11.5 Å². The van der Waals surface area contributed by atoms with Crippen LogP contribution in [0, 0.1) is 12.3 Å². The summed E-state index contributed by atoms with van der Waals surface area (Å²) in [4.78, 5) is 13.4. The van der Waals surface area contributed by atoms with Gasteiger partial charge in [0, 0.05) is 26.2 Å². The molecule has 3 nitrogen and oxygen atoms in total. The van der Waals surface area contributed by atoms with Gasteiger partial charge in [-0.1, -0.05) is 5.92 Å². The number of nitrogens with one attached hydrogen (secondary N) is 1. The highest BCUT2D eigenvalue weighted by atomic mass is 32.2. The van der Waals surface area contributed by atoms with Crippen molar-refractivity contribution in [3.05, 3.63) is 0 Å². The van der Waals surface area contributed by atoms with E-state index in [-0.39, 0.29) is 5.91 Å². The summed E-state index contributed by atoms with van der Waals surface area (Å²) in [6.07, 6.45) is 5.09. The maximum atomic E-state index is 11.5. The highest BCUT2D eigenvalue weighted by Gasteiger charge is 2.14. The standard InChI is InChI=1S/C9H14N2OS/c1-2-7-13-8-9(12)11-5-3-10-4-6-11/h1,10H,3-8H2. The summed E-state index contributed by atoms with van der Waals surface area (Å²) in [5.41, 5.74) is 0. The Morgan fingerprint density at radius 2 is 2.23 bits per heavy atom. The SMILES string of the molecule is C#CCSCC(=O)N1CCNCC1. The molecule has 1 aliphatic heterocycles. The molecule has 0 aromatic rings. The Bertz CT molecular complexity index is 206. The molecule has 0 bridgehead atoms. The quantitative estimate of drug-likeness (QED) is 0.503. The molecule has 0 aromatic heterocycles. The molecule has 0 aromatic carbocycles. The fourth-order valence-corrected chi connectivity index (χ4v) is 1.78. The number of carbonyl (C=O) groups excluding carboxylic acids is 1. The molecule has 1 saturated heterocycles. The van der Waals surface area contributed by atoms with E-state index in [1.165, 1.54) is 11.8 Å². The van der Waals surface area contributed by atoms with E-state index in [2.05, 4.69) is 11.2 Å². The summed E-state index contributed by atoms with van der Waals surface area (Å²) in [7, 11) is 0. The van der Waals surface area contributed by atoms with E-state index in [9.17, 15) is 4.79 Å². The van der Waals surface area contributed by atoms with Gasteiger partial charge in [0.15, 0.2) is 0 Å². The number of terminal acetylenes is 1. The Kier molecular flexibility index (Phi) is 4.73. The van der Waals surface area contributed by atoms with Crippen molar-refractivity contribution in [2.75, 3.05) is 37.7 Å². The molecule has 0 saturated carbocycles. The molecule has 1 N–H and O–H groups in total. The maximum absolute atomic E-state index is 11.5. The van der Waals surface area contributed by atoms with E-state index < -0.39 is 0 Å². The topological polar surface area (TPSA) is 32.3 Å². The molecule has 0 aliphatic carbocycles. The third kappa shape index (κ3) is 3.71. The lowest BCUT2D eigenvalue weighted by Gasteiger charge is -2.27. The number of hydrogen-bond acceptors (Lipinski definition) is 3. The van der Waals surface area contributed by atoms with Crippen LogP contribution in [0.5, 0.6) is 0 Å². The summed E-state index contributed by atoms with van der Waals surface area (Å²) >= 11 is 1.51. The Morgan fingerprint density at radius 1 is 1.54 bits per heavy atom. The van der Waals surface area contributed by atoms with Gasteiger partial charge in [0.1, 0.15) is 0 Å². The van der Waals surface area contributed by atoms with Gasteiger partial charge >= 0.3 is 0 Å². The molecule has 4 heteroatoms. The number of nitrogens with zero attached hydrogens (tertiary/aromatic N) is 1. The molecule has 0 atom stereocenters. The van der Waals surface area contributed by atoms with Gasteiger partial charge in [-0.05, 0) is 0 Å². The summed E-state index contributed by atoms with van der Waals surface area (Å²) in [5, 5.41) is 3.20. The minimum atomic E-state index is 0.210. The number of hydrogen-bond donors (Lipinski definition) is 1. The van der Waals surface area contributed by atoms with Crippen molar-refractivity contribution in [1.82, 2.24) is 10.2 Å². The molecular formula is C9H14N2OS. The molecule has 72 valence electrons. The zero-order valence-electron chi connectivity index (χ0n) is 7.58. The van der Waals surface area contributed by atoms with Gasteiger partial charge < -0.3 is 10.2 Å². The zero-order valence-corrected chi connectivity index (χ0v) is 8.40. The van der Waals surface area contributed by atoms with Crippen LogP contribution in [0.15, 0.2) is 0 Å². The molecule has 1 amide bonds. The second kappa shape index (κ2) is 5.90. The summed E-state index contributed by atoms with van der Waals surface area (Å²) in [6.45, 7) is 3.47. The zero-order chi connectivity index (χ0) is 9.52. The first-order chi connectivity index (χ1) is 6.34. The van der Waals surface area contributed by atoms with Crippen molar-refractivity contribution in [2.24, 2.45) is 0 Å². The Balaban J connectivity index is 2.18. The number of carbonyl (C=O) groups is 1. The van der Waals surface area contributed by atoms with E-state index in [1.807, 2.05) is 4.90 Å². The van der Waals surface area contributed by atoms with Crippen LogP contribution in [0.1, 0.15) is 0 Å². The van der Waals surface area contributed by atoms with Crippen LogP contribution in [0.25, 0.3) is 0 Å². The van der Waals surface area contributed by atoms with Crippen LogP contribution in [0.2, 0.25) is 0 Å². The summed E-state index contributed by atoms with van der Waals surface area (Å²) < 4.78 is 0. The lowest BCUT2D eigenvalue weighted by molar-refractivity contribution is -0.128. The third-order valence-corrected chi connectivity index (χ3v) is 2.70. The molecule has 0 unspecified atom stereocenters. The second-order valence-electron chi connectivity index (χ2n) is 2.83. The van der Waals surface area contributed by atoms with Gasteiger partial charge in [-0.25, -0.2) is 0 Å². The molecule has 0 radical (unpaired) electrons. The van der Waals surface area contributed by atoms with Crippen molar-refractivity contribution >= 4 is 17.7 Å². The first-order valence-electron chi connectivity index (χ1n) is 4.34. The summed E-state index contributed by atoms with van der Waals surface area (Å²) in [5.74, 6) is 3.86. The average molecular weight is 198 g/mol. The molecule has 1 fully saturated rings. The lowest BCUT2D eigenvalue weighted by Crippen LogP contribution is -2.47. The highest BCUT2D eigenvalue weighted by Crippen LogP contribution is 2.02. The Hall–Kier alpha value is -0.660. The predicted octanol–water partition coefficient (Wildman–Crippen LogP) is -0.215. The van der Waals surface area contributed by atoms with Crippen molar-refractivity contribution in [3.8, 4) is 12.3 Å². The van der Waals surface area contributed by atoms with Crippen LogP contribution in [-0.4, -0.2) is 48.5 Å². The molecule has 1 heterocycles. The first kappa shape index (κ1) is 10.4. The van der Waals surface area contributed by atoms with Gasteiger partial charge in [-0.3, -0.25) is 4.79 Å². The number of amides is 1.